The number of carbonyl (C=O) groups is 1. The lowest BCUT2D eigenvalue weighted by Crippen LogP contribution is -2.58. The molecule has 7 nitrogen and oxygen atoms in total. The van der Waals surface area contributed by atoms with Gasteiger partial charge in [0.2, 0.25) is 5.95 Å². The van der Waals surface area contributed by atoms with E-state index in [1.165, 1.54) is 12.8 Å². The highest BCUT2D eigenvalue weighted by Gasteiger charge is 2.49. The number of rotatable bonds is 7. The molecule has 2 atom stereocenters. The summed E-state index contributed by atoms with van der Waals surface area (Å²) in [4.78, 5) is 25.8. The Hall–Kier alpha value is -2.09. The first-order valence-electron chi connectivity index (χ1n) is 12.9. The number of carboxylic acid groups (broad SMARTS) is 1. The number of piperidine rings is 1. The molecular formula is C27H35Cl2N5O2. The molecule has 3 heterocycles. The van der Waals surface area contributed by atoms with Gasteiger partial charge in [0, 0.05) is 47.5 Å². The minimum atomic E-state index is -0.653. The van der Waals surface area contributed by atoms with Crippen LogP contribution < -0.4 is 10.2 Å². The Bertz CT molecular complexity index is 1130. The van der Waals surface area contributed by atoms with E-state index in [2.05, 4.69) is 22.0 Å². The Labute approximate surface area is 223 Å². The summed E-state index contributed by atoms with van der Waals surface area (Å²) in [7, 11) is 0. The van der Waals surface area contributed by atoms with Crippen LogP contribution in [0.2, 0.25) is 10.0 Å². The van der Waals surface area contributed by atoms with Crippen LogP contribution in [0.5, 0.6) is 0 Å². The van der Waals surface area contributed by atoms with Crippen molar-refractivity contribution in [2.75, 3.05) is 36.4 Å². The molecule has 0 amide bonds. The number of benzene rings is 1. The van der Waals surface area contributed by atoms with Gasteiger partial charge in [-0.3, -0.25) is 4.79 Å². The predicted octanol–water partition coefficient (Wildman–Crippen LogP) is 5.67. The van der Waals surface area contributed by atoms with Gasteiger partial charge in [-0.05, 0) is 82.5 Å². The van der Waals surface area contributed by atoms with Crippen molar-refractivity contribution in [1.29, 1.82) is 0 Å². The Kier molecular flexibility index (Phi) is 7.09. The van der Waals surface area contributed by atoms with Gasteiger partial charge in [-0.25, -0.2) is 4.98 Å². The van der Waals surface area contributed by atoms with Gasteiger partial charge in [0.15, 0.2) is 0 Å². The Morgan fingerprint density at radius 1 is 1.17 bits per heavy atom. The van der Waals surface area contributed by atoms with Crippen molar-refractivity contribution in [2.24, 2.45) is 17.3 Å². The van der Waals surface area contributed by atoms with Crippen molar-refractivity contribution in [3.63, 3.8) is 0 Å². The summed E-state index contributed by atoms with van der Waals surface area (Å²) < 4.78 is 0. The number of nitrogens with one attached hydrogen (secondary N) is 1. The van der Waals surface area contributed by atoms with E-state index < -0.39 is 11.4 Å². The van der Waals surface area contributed by atoms with E-state index in [-0.39, 0.29) is 6.04 Å². The molecule has 0 unspecified atom stereocenters. The molecule has 2 aliphatic heterocycles. The zero-order chi connectivity index (χ0) is 25.6. The summed E-state index contributed by atoms with van der Waals surface area (Å²) in [5, 5.41) is 14.2. The minimum absolute atomic E-state index is 0.0243. The predicted molar refractivity (Wildman–Crippen MR) is 144 cm³/mol. The normalized spacial score (nSPS) is 27.8. The zero-order valence-corrected chi connectivity index (χ0v) is 22.7. The smallest absolute Gasteiger partial charge is 0.309 e. The molecule has 9 heteroatoms. The molecule has 3 aliphatic rings. The number of aromatic nitrogens is 2. The van der Waals surface area contributed by atoms with E-state index in [0.717, 1.165) is 62.0 Å². The summed E-state index contributed by atoms with van der Waals surface area (Å²) in [6, 6.07) is 7.91. The summed E-state index contributed by atoms with van der Waals surface area (Å²) in [5.74, 6) is 2.19. The molecule has 3 fully saturated rings. The molecular weight excluding hydrogens is 497 g/mol. The van der Waals surface area contributed by atoms with E-state index in [1.807, 2.05) is 32.0 Å². The fourth-order valence-corrected chi connectivity index (χ4v) is 6.64. The third-order valence-electron chi connectivity index (χ3n) is 8.39. The Morgan fingerprint density at radius 3 is 2.61 bits per heavy atom. The molecule has 0 spiro atoms. The first-order chi connectivity index (χ1) is 17.1. The number of anilines is 2. The number of aliphatic carboxylic acids is 1. The van der Waals surface area contributed by atoms with Crippen LogP contribution in [0.1, 0.15) is 56.8 Å². The summed E-state index contributed by atoms with van der Waals surface area (Å²) in [5.41, 5.74) is 1.37. The van der Waals surface area contributed by atoms with Gasteiger partial charge in [0.05, 0.1) is 11.5 Å². The van der Waals surface area contributed by atoms with Crippen LogP contribution in [-0.4, -0.2) is 58.2 Å². The van der Waals surface area contributed by atoms with Crippen molar-refractivity contribution in [2.45, 2.75) is 58.5 Å². The third-order valence-corrected chi connectivity index (χ3v) is 8.95. The molecule has 5 rings (SSSR count). The van der Waals surface area contributed by atoms with Gasteiger partial charge in [-0.1, -0.05) is 29.3 Å². The molecule has 1 aliphatic carbocycles. The monoisotopic (exact) mass is 531 g/mol. The highest BCUT2D eigenvalue weighted by molar-refractivity contribution is 6.35. The molecule has 0 bridgehead atoms. The maximum Gasteiger partial charge on any atom is 0.309 e. The van der Waals surface area contributed by atoms with Gasteiger partial charge in [-0.2, -0.15) is 4.98 Å². The second kappa shape index (κ2) is 9.99. The molecule has 1 aromatic heterocycles. The SMILES string of the molecule is Cc1cc(N[C@H](C)c2ccc(Cl)cc2Cl)nc(N2CC([C@H]3CCCN(C4CC(C)(C(=O)O)C4)C3)C2)n1. The quantitative estimate of drug-likeness (QED) is 0.476. The fraction of sp³-hybridized carbons (Fsp3) is 0.593. The summed E-state index contributed by atoms with van der Waals surface area (Å²) >= 11 is 12.5. The first-order valence-corrected chi connectivity index (χ1v) is 13.7. The van der Waals surface area contributed by atoms with Crippen LogP contribution in [0.4, 0.5) is 11.8 Å². The van der Waals surface area contributed by atoms with E-state index >= 15 is 0 Å². The van der Waals surface area contributed by atoms with E-state index in [9.17, 15) is 9.90 Å². The summed E-state index contributed by atoms with van der Waals surface area (Å²) in [6.45, 7) is 10.1. The van der Waals surface area contributed by atoms with Crippen LogP contribution in [-0.2, 0) is 4.79 Å². The number of halogens is 2. The molecule has 36 heavy (non-hydrogen) atoms. The topological polar surface area (TPSA) is 81.6 Å². The fourth-order valence-electron chi connectivity index (χ4n) is 6.06. The van der Waals surface area contributed by atoms with Crippen molar-refractivity contribution in [3.8, 4) is 0 Å². The number of nitrogens with zero attached hydrogens (tertiary/aromatic N) is 4. The number of hydrogen-bond donors (Lipinski definition) is 2. The van der Waals surface area contributed by atoms with Gasteiger partial charge >= 0.3 is 5.97 Å². The van der Waals surface area contributed by atoms with Crippen LogP contribution in [0, 0.1) is 24.2 Å². The lowest BCUT2D eigenvalue weighted by molar-refractivity contribution is -0.158. The van der Waals surface area contributed by atoms with Crippen molar-refractivity contribution < 1.29 is 9.90 Å². The largest absolute Gasteiger partial charge is 0.481 e. The molecule has 194 valence electrons. The average molecular weight is 533 g/mol. The van der Waals surface area contributed by atoms with E-state index in [4.69, 9.17) is 33.2 Å². The van der Waals surface area contributed by atoms with Crippen LogP contribution in [0.25, 0.3) is 0 Å². The Balaban J connectivity index is 1.17. The number of likely N-dealkylation sites (tertiary alicyclic amines) is 1. The number of carboxylic acids is 1. The van der Waals surface area contributed by atoms with Crippen LogP contribution in [0.15, 0.2) is 24.3 Å². The van der Waals surface area contributed by atoms with Crippen molar-refractivity contribution >= 4 is 40.9 Å². The zero-order valence-electron chi connectivity index (χ0n) is 21.2. The Morgan fingerprint density at radius 2 is 1.92 bits per heavy atom. The highest BCUT2D eigenvalue weighted by atomic mass is 35.5. The second-order valence-electron chi connectivity index (χ2n) is 11.2. The van der Waals surface area contributed by atoms with E-state index in [0.29, 0.717) is 27.9 Å². The summed E-state index contributed by atoms with van der Waals surface area (Å²) in [6.07, 6.45) is 4.00. The molecule has 1 saturated carbocycles. The minimum Gasteiger partial charge on any atom is -0.481 e. The van der Waals surface area contributed by atoms with Gasteiger partial charge in [0.1, 0.15) is 5.82 Å². The lowest BCUT2D eigenvalue weighted by Gasteiger charge is -2.52. The molecule has 1 aromatic carbocycles. The van der Waals surface area contributed by atoms with Crippen molar-refractivity contribution in [3.05, 3.63) is 45.6 Å². The standard InChI is InChI=1S/C27H35Cl2N5O2/c1-16-9-24(31-17(2)22-7-6-20(28)10-23(22)29)32-26(30-16)34-14-19(15-34)18-5-4-8-33(13-18)21-11-27(3,12-21)25(35)36/h6-7,9-10,17-19,21H,4-5,8,11-15H2,1-3H3,(H,35,36)(H,30,31,32)/t17-,18+,21?,27?/m1/s1. The maximum absolute atomic E-state index is 11.5. The van der Waals surface area contributed by atoms with Gasteiger partial charge < -0.3 is 20.2 Å². The second-order valence-corrected chi connectivity index (χ2v) is 12.1. The first kappa shape index (κ1) is 25.6. The highest BCUT2D eigenvalue weighted by Crippen LogP contribution is 2.45. The molecule has 2 N–H and O–H groups in total. The van der Waals surface area contributed by atoms with Crippen LogP contribution in [0.3, 0.4) is 0 Å². The van der Waals surface area contributed by atoms with Gasteiger partial charge in [-0.15, -0.1) is 0 Å². The van der Waals surface area contributed by atoms with Crippen molar-refractivity contribution in [1.82, 2.24) is 14.9 Å². The molecule has 2 aromatic rings. The van der Waals surface area contributed by atoms with Gasteiger partial charge in [0.25, 0.3) is 0 Å². The number of aryl methyl sites for hydroxylation is 1. The lowest BCUT2D eigenvalue weighted by atomic mass is 9.65. The number of hydrogen-bond acceptors (Lipinski definition) is 6. The molecule has 2 saturated heterocycles. The maximum atomic E-state index is 11.5. The van der Waals surface area contributed by atoms with Crippen LogP contribution >= 0.6 is 23.2 Å². The average Bonchev–Trinajstić information content (AvgIpc) is 2.75. The molecule has 0 radical (unpaired) electrons. The third kappa shape index (κ3) is 5.15. The van der Waals surface area contributed by atoms with E-state index in [1.54, 1.807) is 6.07 Å².